The van der Waals surface area contributed by atoms with E-state index in [-0.39, 0.29) is 50.0 Å². The number of hydrogen-bond donors (Lipinski definition) is 4. The maximum absolute atomic E-state index is 12.2. The van der Waals surface area contributed by atoms with E-state index in [4.69, 9.17) is 14.2 Å². The van der Waals surface area contributed by atoms with Gasteiger partial charge in [0.25, 0.3) is 0 Å². The highest BCUT2D eigenvalue weighted by Gasteiger charge is 2.38. The molecule has 1 saturated heterocycles. The number of carboxylic acids is 1. The van der Waals surface area contributed by atoms with E-state index in [0.29, 0.717) is 10.6 Å². The largest absolute Gasteiger partial charge is 0.478 e. The van der Waals surface area contributed by atoms with Gasteiger partial charge in [-0.1, -0.05) is 79.7 Å². The van der Waals surface area contributed by atoms with Crippen LogP contribution in [0.15, 0.2) is 102 Å². The molecule has 4 aromatic rings. The number of aliphatic hydroxyl groups excluding tert-OH is 1. The van der Waals surface area contributed by atoms with Crippen molar-refractivity contribution in [3.63, 3.8) is 0 Å². The van der Waals surface area contributed by atoms with E-state index >= 15 is 0 Å². The molecule has 4 atom stereocenters. The molecule has 10 nitrogen and oxygen atoms in total. The number of carboxylic acid groups (broad SMARTS) is 1. The molecule has 4 unspecified atom stereocenters. The Morgan fingerprint density at radius 1 is 0.837 bits per heavy atom. The Morgan fingerprint density at radius 3 is 2.31 bits per heavy atom. The predicted octanol–water partition coefficient (Wildman–Crippen LogP) is 6.49. The molecule has 1 fully saturated rings. The van der Waals surface area contributed by atoms with Crippen molar-refractivity contribution in [1.82, 2.24) is 10.6 Å². The number of amides is 2. The number of hydrogen-bond acceptors (Lipinski definition) is 8. The fourth-order valence-corrected chi connectivity index (χ4v) is 6.80. The average Bonchev–Trinajstić information content (AvgIpc) is 3.13. The molecule has 1 aliphatic heterocycles. The van der Waals surface area contributed by atoms with E-state index in [9.17, 15) is 24.6 Å². The number of esters is 1. The monoisotopic (exact) mass is 684 g/mol. The third-order valence-electron chi connectivity index (χ3n) is 8.21. The average molecular weight is 685 g/mol. The van der Waals surface area contributed by atoms with Gasteiger partial charge in [0.1, 0.15) is 6.54 Å². The number of nitrogens with one attached hydrogen (secondary N) is 2. The first kappa shape index (κ1) is 35.6. The fraction of sp³-hybridized carbons (Fsp3) is 0.289. The summed E-state index contributed by atoms with van der Waals surface area (Å²) in [5.41, 5.74) is 5.58. The third-order valence-corrected chi connectivity index (χ3v) is 9.38. The van der Waals surface area contributed by atoms with E-state index in [1.165, 1.54) is 11.8 Å². The maximum atomic E-state index is 12.2. The molecule has 49 heavy (non-hydrogen) atoms. The molecule has 2 amide bonds. The molecule has 5 rings (SSSR count). The van der Waals surface area contributed by atoms with Crippen LogP contribution < -0.4 is 10.6 Å². The zero-order valence-electron chi connectivity index (χ0n) is 27.3. The highest BCUT2D eigenvalue weighted by Crippen LogP contribution is 2.43. The van der Waals surface area contributed by atoms with Gasteiger partial charge in [0, 0.05) is 28.7 Å². The molecular formula is C38H40N2O8S. The Bertz CT molecular complexity index is 1750. The molecule has 0 bridgehead atoms. The lowest BCUT2D eigenvalue weighted by Crippen LogP contribution is -2.38. The number of carbonyl (C=O) groups is 3. The van der Waals surface area contributed by atoms with Crippen LogP contribution in [0.25, 0.3) is 11.1 Å². The van der Waals surface area contributed by atoms with E-state index in [1.807, 2.05) is 84.9 Å². The van der Waals surface area contributed by atoms with Crippen LogP contribution in [0.3, 0.4) is 0 Å². The van der Waals surface area contributed by atoms with Crippen molar-refractivity contribution in [1.29, 1.82) is 0 Å². The molecule has 0 aliphatic carbocycles. The van der Waals surface area contributed by atoms with Gasteiger partial charge in [-0.05, 0) is 59.0 Å². The van der Waals surface area contributed by atoms with Crippen LogP contribution in [-0.4, -0.2) is 53.2 Å². The quantitative estimate of drug-likeness (QED) is 0.0918. The van der Waals surface area contributed by atoms with E-state index in [1.54, 1.807) is 19.1 Å². The summed E-state index contributed by atoms with van der Waals surface area (Å²) >= 11 is 1.45. The van der Waals surface area contributed by atoms with Crippen molar-refractivity contribution in [2.75, 3.05) is 18.9 Å². The summed E-state index contributed by atoms with van der Waals surface area (Å²) in [5, 5.41) is 24.5. The predicted molar refractivity (Wildman–Crippen MR) is 186 cm³/mol. The Kier molecular flexibility index (Phi) is 12.4. The van der Waals surface area contributed by atoms with Crippen LogP contribution in [0.2, 0.25) is 0 Å². The van der Waals surface area contributed by atoms with Crippen molar-refractivity contribution >= 4 is 29.7 Å². The fourth-order valence-electron chi connectivity index (χ4n) is 5.59. The van der Waals surface area contributed by atoms with Crippen LogP contribution in [0.4, 0.5) is 4.79 Å². The smallest absolute Gasteiger partial charge is 0.336 e. The molecule has 256 valence electrons. The molecule has 0 spiro atoms. The summed E-state index contributed by atoms with van der Waals surface area (Å²) in [5.74, 6) is -1.03. The van der Waals surface area contributed by atoms with Crippen LogP contribution in [0.1, 0.15) is 58.9 Å². The number of urea groups is 1. The minimum Gasteiger partial charge on any atom is -0.478 e. The van der Waals surface area contributed by atoms with Gasteiger partial charge in [-0.3, -0.25) is 4.79 Å². The van der Waals surface area contributed by atoms with Crippen molar-refractivity contribution in [3.05, 3.63) is 125 Å². The highest BCUT2D eigenvalue weighted by molar-refractivity contribution is 7.99. The van der Waals surface area contributed by atoms with Crippen molar-refractivity contribution < 1.29 is 38.8 Å². The van der Waals surface area contributed by atoms with Crippen LogP contribution in [-0.2, 0) is 32.2 Å². The molecular weight excluding hydrogens is 644 g/mol. The number of aromatic carboxylic acids is 1. The molecule has 11 heteroatoms. The standard InChI is InChI=1S/C38H40N2O8S/c1-3-46-34(42)21-40-38(45)39-20-26-8-6-9-28(18-26)29-10-7-11-30(19-29)37-47-32(23-49-33-13-5-4-12-31(33)36(43)44)24(2)35(48-37)27-16-14-25(22-41)15-17-27/h4-19,24,32,35,37,41H,3,20-23H2,1-2H3,(H,43,44)(H2,39,40,45). The second kappa shape index (κ2) is 17.1. The number of rotatable bonds is 13. The van der Waals surface area contributed by atoms with Gasteiger partial charge in [-0.2, -0.15) is 0 Å². The second-order valence-electron chi connectivity index (χ2n) is 11.6. The number of aliphatic hydroxyl groups is 1. The van der Waals surface area contributed by atoms with Gasteiger partial charge in [-0.15, -0.1) is 11.8 Å². The summed E-state index contributed by atoms with van der Waals surface area (Å²) in [4.78, 5) is 36.2. The lowest BCUT2D eigenvalue weighted by molar-refractivity contribution is -0.268. The minimum absolute atomic E-state index is 0.0535. The first-order valence-corrected chi connectivity index (χ1v) is 17.1. The van der Waals surface area contributed by atoms with E-state index in [2.05, 4.69) is 17.6 Å². The lowest BCUT2D eigenvalue weighted by Gasteiger charge is -2.41. The van der Waals surface area contributed by atoms with Gasteiger partial charge in [0.2, 0.25) is 0 Å². The van der Waals surface area contributed by atoms with Crippen LogP contribution in [0, 0.1) is 5.92 Å². The SMILES string of the molecule is CCOC(=O)CNC(=O)NCc1cccc(-c2cccc(C3OC(CSc4ccccc4C(=O)O)C(C)C(c4ccc(CO)cc4)O3)c2)c1. The number of ether oxygens (including phenoxy) is 3. The Hall–Kier alpha value is -4.68. The first-order chi connectivity index (χ1) is 23.7. The van der Waals surface area contributed by atoms with E-state index in [0.717, 1.165) is 33.4 Å². The van der Waals surface area contributed by atoms with Crippen molar-refractivity contribution in [2.45, 2.75) is 50.4 Å². The third kappa shape index (κ3) is 9.48. The van der Waals surface area contributed by atoms with Gasteiger partial charge >= 0.3 is 18.0 Å². The van der Waals surface area contributed by atoms with Gasteiger partial charge in [0.05, 0.1) is 31.0 Å². The molecule has 4 N–H and O–H groups in total. The van der Waals surface area contributed by atoms with Gasteiger partial charge in [0.15, 0.2) is 6.29 Å². The number of benzene rings is 4. The molecule has 0 saturated carbocycles. The Morgan fingerprint density at radius 2 is 1.57 bits per heavy atom. The minimum atomic E-state index is -0.974. The topological polar surface area (TPSA) is 143 Å². The summed E-state index contributed by atoms with van der Waals surface area (Å²) in [7, 11) is 0. The van der Waals surface area contributed by atoms with Gasteiger partial charge < -0.3 is 35.1 Å². The van der Waals surface area contributed by atoms with E-state index < -0.39 is 24.3 Å². The normalized spacial score (nSPS) is 18.8. The zero-order chi connectivity index (χ0) is 34.8. The number of thioether (sulfide) groups is 1. The molecule has 0 radical (unpaired) electrons. The second-order valence-corrected chi connectivity index (χ2v) is 12.7. The summed E-state index contributed by atoms with van der Waals surface area (Å²) in [6, 6.07) is 29.9. The van der Waals surface area contributed by atoms with Crippen LogP contribution in [0.5, 0.6) is 0 Å². The Balaban J connectivity index is 1.34. The summed E-state index contributed by atoms with van der Waals surface area (Å²) < 4.78 is 18.1. The van der Waals surface area contributed by atoms with Gasteiger partial charge in [-0.25, -0.2) is 9.59 Å². The Labute approximate surface area is 289 Å². The maximum Gasteiger partial charge on any atom is 0.336 e. The highest BCUT2D eigenvalue weighted by atomic mass is 32.2. The number of carbonyl (C=O) groups excluding carboxylic acids is 2. The molecule has 4 aromatic carbocycles. The van der Waals surface area contributed by atoms with Crippen molar-refractivity contribution in [3.8, 4) is 11.1 Å². The lowest BCUT2D eigenvalue weighted by atomic mass is 9.91. The summed E-state index contributed by atoms with van der Waals surface area (Å²) in [6.45, 7) is 4.02. The van der Waals surface area contributed by atoms with Crippen LogP contribution >= 0.6 is 11.8 Å². The zero-order valence-corrected chi connectivity index (χ0v) is 28.2. The molecule has 1 heterocycles. The first-order valence-electron chi connectivity index (χ1n) is 16.1. The van der Waals surface area contributed by atoms with Crippen molar-refractivity contribution in [2.24, 2.45) is 5.92 Å². The molecule has 1 aliphatic rings. The molecule has 0 aromatic heterocycles. The summed E-state index contributed by atoms with van der Waals surface area (Å²) in [6.07, 6.45) is -1.30.